The van der Waals surface area contributed by atoms with E-state index in [0.717, 1.165) is 17.7 Å². The number of hydrogen-bond donors (Lipinski definition) is 2. The van der Waals surface area contributed by atoms with E-state index in [1.165, 1.54) is 0 Å². The molecule has 2 aromatic rings. The van der Waals surface area contributed by atoms with Gasteiger partial charge >= 0.3 is 0 Å². The van der Waals surface area contributed by atoms with Gasteiger partial charge in [0.25, 0.3) is 0 Å². The Balaban J connectivity index is 2.33. The Bertz CT molecular complexity index is 475. The molecule has 1 aromatic heterocycles. The van der Waals surface area contributed by atoms with Gasteiger partial charge in [0, 0.05) is 16.8 Å². The number of hydrogen-bond acceptors (Lipinski definition) is 3. The molecule has 0 spiro atoms. The quantitative estimate of drug-likeness (QED) is 0.851. The number of benzene rings is 1. The van der Waals surface area contributed by atoms with Crippen LogP contribution < -0.4 is 11.5 Å². The normalized spacial score (nSPS) is 10.6. The van der Waals surface area contributed by atoms with Crippen molar-refractivity contribution in [3.05, 3.63) is 41.0 Å². The summed E-state index contributed by atoms with van der Waals surface area (Å²) in [6.07, 6.45) is 2.63. The van der Waals surface area contributed by atoms with Crippen molar-refractivity contribution in [2.75, 3.05) is 12.3 Å². The van der Waals surface area contributed by atoms with Crippen molar-refractivity contribution in [3.63, 3.8) is 0 Å². The molecular weight excluding hydrogens is 224 g/mol. The molecule has 0 saturated carbocycles. The smallest absolute Gasteiger partial charge is 0.149 e. The molecule has 4 N–H and O–H groups in total. The highest BCUT2D eigenvalue weighted by Gasteiger charge is 2.05. The van der Waals surface area contributed by atoms with Crippen molar-refractivity contribution in [3.8, 4) is 5.69 Å². The first-order valence-corrected chi connectivity index (χ1v) is 5.38. The van der Waals surface area contributed by atoms with Crippen LogP contribution in [-0.4, -0.2) is 16.3 Å². The summed E-state index contributed by atoms with van der Waals surface area (Å²) in [7, 11) is 0. The van der Waals surface area contributed by atoms with Crippen molar-refractivity contribution < 1.29 is 0 Å². The van der Waals surface area contributed by atoms with E-state index in [1.54, 1.807) is 4.68 Å². The lowest BCUT2D eigenvalue weighted by molar-refractivity contribution is 0.883. The zero-order chi connectivity index (χ0) is 11.5. The van der Waals surface area contributed by atoms with Gasteiger partial charge in [0.1, 0.15) is 5.82 Å². The maximum atomic E-state index is 5.81. The summed E-state index contributed by atoms with van der Waals surface area (Å²) in [5.41, 5.74) is 13.2. The predicted molar refractivity (Wildman–Crippen MR) is 65.7 cm³/mol. The van der Waals surface area contributed by atoms with Gasteiger partial charge in [-0.15, -0.1) is 0 Å². The summed E-state index contributed by atoms with van der Waals surface area (Å²) < 4.78 is 1.73. The van der Waals surface area contributed by atoms with Gasteiger partial charge in [-0.2, -0.15) is 5.10 Å². The molecule has 0 fully saturated rings. The molecule has 0 aliphatic carbocycles. The van der Waals surface area contributed by atoms with E-state index in [0.29, 0.717) is 17.4 Å². The number of rotatable bonds is 3. The maximum Gasteiger partial charge on any atom is 0.149 e. The first kappa shape index (κ1) is 11.0. The topological polar surface area (TPSA) is 69.9 Å². The average molecular weight is 237 g/mol. The minimum absolute atomic E-state index is 0.528. The van der Waals surface area contributed by atoms with Crippen LogP contribution in [0.2, 0.25) is 5.02 Å². The molecular formula is C11H13ClN4. The van der Waals surface area contributed by atoms with Gasteiger partial charge in [-0.25, -0.2) is 4.68 Å². The molecule has 0 bridgehead atoms. The third-order valence-corrected chi connectivity index (χ3v) is 2.58. The molecule has 1 aromatic carbocycles. The Kier molecular flexibility index (Phi) is 3.12. The molecule has 84 valence electrons. The molecule has 4 nitrogen and oxygen atoms in total. The fraction of sp³-hybridized carbons (Fsp3) is 0.182. The highest BCUT2D eigenvalue weighted by atomic mass is 35.5. The monoisotopic (exact) mass is 236 g/mol. The molecule has 0 aliphatic heterocycles. The first-order valence-electron chi connectivity index (χ1n) is 5.00. The maximum absolute atomic E-state index is 5.81. The van der Waals surface area contributed by atoms with Crippen LogP contribution in [0.15, 0.2) is 30.5 Å². The average Bonchev–Trinajstić information content (AvgIpc) is 2.62. The standard InChI is InChI=1S/C11H13ClN4/c12-9-1-3-10(4-2-9)16-7-8(5-6-13)11(14)15-16/h1-4,7H,5-6,13H2,(H2,14,15). The second-order valence-electron chi connectivity index (χ2n) is 3.50. The van der Waals surface area contributed by atoms with Gasteiger partial charge in [-0.05, 0) is 37.2 Å². The van der Waals surface area contributed by atoms with Crippen LogP contribution in [0.5, 0.6) is 0 Å². The molecule has 0 aliphatic rings. The van der Waals surface area contributed by atoms with Crippen molar-refractivity contribution in [1.29, 1.82) is 0 Å². The third-order valence-electron chi connectivity index (χ3n) is 2.33. The van der Waals surface area contributed by atoms with E-state index in [2.05, 4.69) is 5.10 Å². The molecule has 0 amide bonds. The predicted octanol–water partition coefficient (Wildman–Crippen LogP) is 1.61. The van der Waals surface area contributed by atoms with Crippen LogP contribution in [-0.2, 0) is 6.42 Å². The Morgan fingerprint density at radius 3 is 2.56 bits per heavy atom. The molecule has 0 atom stereocenters. The summed E-state index contributed by atoms with van der Waals surface area (Å²) in [6.45, 7) is 0.566. The molecule has 0 saturated heterocycles. The van der Waals surface area contributed by atoms with Gasteiger partial charge < -0.3 is 11.5 Å². The molecule has 0 radical (unpaired) electrons. The molecule has 1 heterocycles. The molecule has 0 unspecified atom stereocenters. The minimum Gasteiger partial charge on any atom is -0.382 e. The van der Waals surface area contributed by atoms with Gasteiger partial charge in [0.2, 0.25) is 0 Å². The van der Waals surface area contributed by atoms with Gasteiger partial charge in [-0.3, -0.25) is 0 Å². The van der Waals surface area contributed by atoms with Crippen molar-refractivity contribution in [2.24, 2.45) is 5.73 Å². The van der Waals surface area contributed by atoms with Crippen molar-refractivity contribution in [1.82, 2.24) is 9.78 Å². The summed E-state index contributed by atoms with van der Waals surface area (Å²) in [5, 5.41) is 4.93. The summed E-state index contributed by atoms with van der Waals surface area (Å²) in [5.74, 6) is 0.528. The van der Waals surface area contributed by atoms with Crippen LogP contribution in [0.4, 0.5) is 5.82 Å². The lowest BCUT2D eigenvalue weighted by atomic mass is 10.2. The van der Waals surface area contributed by atoms with Crippen LogP contribution >= 0.6 is 11.6 Å². The van der Waals surface area contributed by atoms with Gasteiger partial charge in [0.05, 0.1) is 5.69 Å². The number of nitrogens with two attached hydrogens (primary N) is 2. The van der Waals surface area contributed by atoms with E-state index in [9.17, 15) is 0 Å². The number of halogens is 1. The highest BCUT2D eigenvalue weighted by Crippen LogP contribution is 2.16. The Labute approximate surface area is 98.8 Å². The molecule has 5 heteroatoms. The summed E-state index contributed by atoms with van der Waals surface area (Å²) in [6, 6.07) is 7.41. The summed E-state index contributed by atoms with van der Waals surface area (Å²) >= 11 is 5.81. The minimum atomic E-state index is 0.528. The largest absolute Gasteiger partial charge is 0.382 e. The molecule has 16 heavy (non-hydrogen) atoms. The SMILES string of the molecule is NCCc1cn(-c2ccc(Cl)cc2)nc1N. The van der Waals surface area contributed by atoms with Crippen LogP contribution in [0.1, 0.15) is 5.56 Å². The Morgan fingerprint density at radius 1 is 1.25 bits per heavy atom. The van der Waals surface area contributed by atoms with Gasteiger partial charge in [0.15, 0.2) is 0 Å². The van der Waals surface area contributed by atoms with E-state index < -0.39 is 0 Å². The number of aromatic nitrogens is 2. The lowest BCUT2D eigenvalue weighted by Crippen LogP contribution is -2.03. The Hall–Kier alpha value is -1.52. The fourth-order valence-corrected chi connectivity index (χ4v) is 1.62. The van der Waals surface area contributed by atoms with Crippen LogP contribution in [0.3, 0.4) is 0 Å². The number of nitrogens with zero attached hydrogens (tertiary/aromatic N) is 2. The van der Waals surface area contributed by atoms with E-state index in [1.807, 2.05) is 30.5 Å². The molecule has 2 rings (SSSR count). The van der Waals surface area contributed by atoms with E-state index >= 15 is 0 Å². The zero-order valence-electron chi connectivity index (χ0n) is 8.73. The van der Waals surface area contributed by atoms with Crippen LogP contribution in [0, 0.1) is 0 Å². The van der Waals surface area contributed by atoms with Crippen LogP contribution in [0.25, 0.3) is 5.69 Å². The van der Waals surface area contributed by atoms with E-state index in [-0.39, 0.29) is 0 Å². The Morgan fingerprint density at radius 2 is 1.94 bits per heavy atom. The number of anilines is 1. The van der Waals surface area contributed by atoms with Crippen molar-refractivity contribution >= 4 is 17.4 Å². The second kappa shape index (κ2) is 4.55. The summed E-state index contributed by atoms with van der Waals surface area (Å²) in [4.78, 5) is 0. The first-order chi connectivity index (χ1) is 7.70. The van der Waals surface area contributed by atoms with Crippen molar-refractivity contribution in [2.45, 2.75) is 6.42 Å². The number of nitrogen functional groups attached to an aromatic ring is 1. The second-order valence-corrected chi connectivity index (χ2v) is 3.94. The lowest BCUT2D eigenvalue weighted by Gasteiger charge is -1.99. The van der Waals surface area contributed by atoms with Gasteiger partial charge in [-0.1, -0.05) is 11.6 Å². The fourth-order valence-electron chi connectivity index (χ4n) is 1.50. The third kappa shape index (κ3) is 2.18. The zero-order valence-corrected chi connectivity index (χ0v) is 9.48. The highest BCUT2D eigenvalue weighted by molar-refractivity contribution is 6.30. The van der Waals surface area contributed by atoms with E-state index in [4.69, 9.17) is 23.1 Å².